The predicted molar refractivity (Wildman–Crippen MR) is 63.7 cm³/mol. The number of rotatable bonds is 4. The Bertz CT molecular complexity index is 419. The Balaban J connectivity index is 3.18. The first-order chi connectivity index (χ1) is 7.58. The molecule has 0 radical (unpaired) electrons. The number of ether oxygens (including phenoxy) is 1. The largest absolute Gasteiger partial charge is 0.497 e. The van der Waals surface area contributed by atoms with Crippen LogP contribution in [-0.4, -0.2) is 18.2 Å². The molecule has 0 amide bonds. The minimum atomic E-state index is -0.921. The molecule has 1 aromatic carbocycles. The molecule has 0 aliphatic rings. The lowest BCUT2D eigenvalue weighted by Crippen LogP contribution is -1.95. The second-order valence-corrected chi connectivity index (χ2v) is 3.54. The summed E-state index contributed by atoms with van der Waals surface area (Å²) >= 11 is 0. The Morgan fingerprint density at radius 2 is 2.19 bits per heavy atom. The highest BCUT2D eigenvalue weighted by atomic mass is 16.5. The number of benzene rings is 1. The molecule has 3 nitrogen and oxygen atoms in total. The van der Waals surface area contributed by atoms with E-state index in [9.17, 15) is 4.79 Å². The van der Waals surface area contributed by atoms with E-state index in [-0.39, 0.29) is 0 Å². The fourth-order valence-electron chi connectivity index (χ4n) is 1.64. The van der Waals surface area contributed by atoms with Crippen LogP contribution >= 0.6 is 0 Å². The molecular weight excluding hydrogens is 204 g/mol. The topological polar surface area (TPSA) is 46.5 Å². The Kier molecular flexibility index (Phi) is 4.11. The lowest BCUT2D eigenvalue weighted by Gasteiger charge is -2.10. The number of aryl methyl sites for hydroxylation is 1. The summed E-state index contributed by atoms with van der Waals surface area (Å²) in [6, 6.07) is 5.68. The van der Waals surface area contributed by atoms with E-state index in [1.54, 1.807) is 14.0 Å². The second kappa shape index (κ2) is 5.35. The number of carbonyl (C=O) groups is 1. The van der Waals surface area contributed by atoms with Gasteiger partial charge in [-0.25, -0.2) is 4.79 Å². The Morgan fingerprint density at radius 3 is 2.69 bits per heavy atom. The monoisotopic (exact) mass is 220 g/mol. The Morgan fingerprint density at radius 1 is 1.50 bits per heavy atom. The van der Waals surface area contributed by atoms with Crippen molar-refractivity contribution in [1.82, 2.24) is 0 Å². The molecule has 0 unspecified atom stereocenters. The first-order valence-electron chi connectivity index (χ1n) is 5.17. The van der Waals surface area contributed by atoms with E-state index in [1.165, 1.54) is 6.08 Å². The summed E-state index contributed by atoms with van der Waals surface area (Å²) in [6.45, 7) is 3.83. The summed E-state index contributed by atoms with van der Waals surface area (Å²) in [6.07, 6.45) is 2.07. The minimum absolute atomic E-state index is 0.756. The van der Waals surface area contributed by atoms with Crippen molar-refractivity contribution >= 4 is 11.5 Å². The zero-order chi connectivity index (χ0) is 12.1. The zero-order valence-electron chi connectivity index (χ0n) is 9.78. The van der Waals surface area contributed by atoms with Crippen LogP contribution in [0, 0.1) is 0 Å². The van der Waals surface area contributed by atoms with Gasteiger partial charge < -0.3 is 9.84 Å². The van der Waals surface area contributed by atoms with Gasteiger partial charge in [-0.2, -0.15) is 0 Å². The van der Waals surface area contributed by atoms with Crippen LogP contribution < -0.4 is 4.74 Å². The third kappa shape index (κ3) is 2.86. The third-order valence-electron chi connectivity index (χ3n) is 2.46. The van der Waals surface area contributed by atoms with Crippen LogP contribution in [0.5, 0.6) is 5.75 Å². The maximum atomic E-state index is 10.6. The fourth-order valence-corrected chi connectivity index (χ4v) is 1.64. The van der Waals surface area contributed by atoms with Gasteiger partial charge >= 0.3 is 5.97 Å². The molecule has 16 heavy (non-hydrogen) atoms. The van der Waals surface area contributed by atoms with E-state index >= 15 is 0 Å². The van der Waals surface area contributed by atoms with Crippen LogP contribution in [0.15, 0.2) is 24.3 Å². The lowest BCUT2D eigenvalue weighted by molar-refractivity contribution is -0.131. The molecule has 0 heterocycles. The molecule has 0 fully saturated rings. The minimum Gasteiger partial charge on any atom is -0.497 e. The van der Waals surface area contributed by atoms with E-state index in [1.807, 2.05) is 25.1 Å². The smallest absolute Gasteiger partial charge is 0.328 e. The molecular formula is C13H16O3. The lowest BCUT2D eigenvalue weighted by atomic mass is 9.98. The molecule has 86 valence electrons. The molecule has 0 aliphatic heterocycles. The number of allylic oxidation sites excluding steroid dienone is 1. The van der Waals surface area contributed by atoms with Crippen molar-refractivity contribution in [2.24, 2.45) is 0 Å². The normalized spacial score (nSPS) is 11.3. The van der Waals surface area contributed by atoms with Gasteiger partial charge in [0.2, 0.25) is 0 Å². The van der Waals surface area contributed by atoms with E-state index in [2.05, 4.69) is 0 Å². The quantitative estimate of drug-likeness (QED) is 0.793. The summed E-state index contributed by atoms with van der Waals surface area (Å²) in [7, 11) is 1.62. The predicted octanol–water partition coefficient (Wildman–Crippen LogP) is 2.75. The Hall–Kier alpha value is -1.77. The molecule has 0 bridgehead atoms. The molecule has 0 saturated carbocycles. The summed E-state index contributed by atoms with van der Waals surface area (Å²) in [5.74, 6) is -0.126. The number of carboxylic acid groups (broad SMARTS) is 1. The molecule has 0 atom stereocenters. The van der Waals surface area contributed by atoms with Crippen LogP contribution in [0.1, 0.15) is 25.0 Å². The van der Waals surface area contributed by atoms with Crippen LogP contribution in [-0.2, 0) is 11.2 Å². The summed E-state index contributed by atoms with van der Waals surface area (Å²) in [5, 5.41) is 8.71. The van der Waals surface area contributed by atoms with Crippen molar-refractivity contribution in [1.29, 1.82) is 0 Å². The number of hydrogen-bond donors (Lipinski definition) is 1. The maximum absolute atomic E-state index is 10.6. The number of methoxy groups -OCH3 is 1. The fraction of sp³-hybridized carbons (Fsp3) is 0.308. The molecule has 0 aromatic heterocycles. The molecule has 0 aliphatic carbocycles. The molecule has 1 rings (SSSR count). The van der Waals surface area contributed by atoms with Crippen LogP contribution in [0.2, 0.25) is 0 Å². The highest BCUT2D eigenvalue weighted by molar-refractivity contribution is 5.90. The number of carboxylic acids is 1. The number of aliphatic carboxylic acids is 1. The number of hydrogen-bond acceptors (Lipinski definition) is 2. The summed E-state index contributed by atoms with van der Waals surface area (Å²) < 4.78 is 5.14. The standard InChI is InChI=1S/C13H16O3/c1-4-10-8-11(16-3)5-6-12(10)9(2)7-13(14)15/h5-8H,4H2,1-3H3,(H,14,15)/b9-7+. The third-order valence-corrected chi connectivity index (χ3v) is 2.46. The van der Waals surface area contributed by atoms with Gasteiger partial charge in [0.1, 0.15) is 5.75 Å². The SMILES string of the molecule is CCc1cc(OC)ccc1/C(C)=C/C(=O)O. The molecule has 0 spiro atoms. The first kappa shape index (κ1) is 12.3. The van der Waals surface area contributed by atoms with Gasteiger partial charge in [-0.1, -0.05) is 13.0 Å². The summed E-state index contributed by atoms with van der Waals surface area (Å²) in [4.78, 5) is 10.6. The van der Waals surface area contributed by atoms with Gasteiger partial charge in [0.15, 0.2) is 0 Å². The van der Waals surface area contributed by atoms with Crippen molar-refractivity contribution < 1.29 is 14.6 Å². The van der Waals surface area contributed by atoms with Crippen molar-refractivity contribution in [2.75, 3.05) is 7.11 Å². The van der Waals surface area contributed by atoms with Crippen molar-refractivity contribution in [3.63, 3.8) is 0 Å². The summed E-state index contributed by atoms with van der Waals surface area (Å²) in [5.41, 5.74) is 2.81. The van der Waals surface area contributed by atoms with Gasteiger partial charge in [-0.15, -0.1) is 0 Å². The highest BCUT2D eigenvalue weighted by Crippen LogP contribution is 2.24. The highest BCUT2D eigenvalue weighted by Gasteiger charge is 2.05. The molecule has 3 heteroatoms. The Labute approximate surface area is 95.4 Å². The van der Waals surface area contributed by atoms with E-state index in [0.717, 1.165) is 28.9 Å². The average Bonchev–Trinajstić information content (AvgIpc) is 2.27. The maximum Gasteiger partial charge on any atom is 0.328 e. The first-order valence-corrected chi connectivity index (χ1v) is 5.17. The van der Waals surface area contributed by atoms with Gasteiger partial charge in [0.25, 0.3) is 0 Å². The molecule has 1 N–H and O–H groups in total. The van der Waals surface area contributed by atoms with Crippen LogP contribution in [0.4, 0.5) is 0 Å². The van der Waals surface area contributed by atoms with Crippen molar-refractivity contribution in [3.05, 3.63) is 35.4 Å². The van der Waals surface area contributed by atoms with Crippen LogP contribution in [0.25, 0.3) is 5.57 Å². The molecule has 0 saturated heterocycles. The van der Waals surface area contributed by atoms with Crippen molar-refractivity contribution in [3.8, 4) is 5.75 Å². The molecule has 1 aromatic rings. The van der Waals surface area contributed by atoms with E-state index < -0.39 is 5.97 Å². The van der Waals surface area contributed by atoms with Gasteiger partial charge in [-0.3, -0.25) is 0 Å². The van der Waals surface area contributed by atoms with Gasteiger partial charge in [-0.05, 0) is 42.2 Å². The second-order valence-electron chi connectivity index (χ2n) is 3.54. The van der Waals surface area contributed by atoms with E-state index in [4.69, 9.17) is 9.84 Å². The zero-order valence-corrected chi connectivity index (χ0v) is 9.78. The van der Waals surface area contributed by atoms with E-state index in [0.29, 0.717) is 0 Å². The average molecular weight is 220 g/mol. The van der Waals surface area contributed by atoms with Gasteiger partial charge in [0, 0.05) is 6.08 Å². The van der Waals surface area contributed by atoms with Gasteiger partial charge in [0.05, 0.1) is 7.11 Å². The van der Waals surface area contributed by atoms with Crippen molar-refractivity contribution in [2.45, 2.75) is 20.3 Å². The van der Waals surface area contributed by atoms with Crippen LogP contribution in [0.3, 0.4) is 0 Å².